The van der Waals surface area contributed by atoms with Crippen LogP contribution >= 0.6 is 11.6 Å². The number of imidazole rings is 1. The van der Waals surface area contributed by atoms with Gasteiger partial charge in [-0.15, -0.1) is 5.10 Å². The molecule has 0 fully saturated rings. The smallest absolute Gasteiger partial charge is 0.411 e. The molecule has 228 valence electrons. The lowest BCUT2D eigenvalue weighted by Gasteiger charge is -2.12. The molecule has 0 aliphatic heterocycles. The second-order valence-corrected chi connectivity index (χ2v) is 10.2. The van der Waals surface area contributed by atoms with Crippen LogP contribution in [-0.2, 0) is 22.6 Å². The number of methoxy groups -OCH3 is 1. The van der Waals surface area contributed by atoms with Gasteiger partial charge in [-0.1, -0.05) is 35.4 Å². The van der Waals surface area contributed by atoms with Crippen molar-refractivity contribution in [2.75, 3.05) is 12.4 Å². The van der Waals surface area contributed by atoms with Crippen molar-refractivity contribution in [1.82, 2.24) is 40.8 Å². The number of ether oxygens (including phenoxy) is 1. The van der Waals surface area contributed by atoms with Crippen molar-refractivity contribution in [2.45, 2.75) is 20.0 Å². The van der Waals surface area contributed by atoms with Gasteiger partial charge in [0.05, 0.1) is 25.0 Å². The fourth-order valence-electron chi connectivity index (χ4n) is 4.42. The third kappa shape index (κ3) is 7.97. The first-order chi connectivity index (χ1) is 21.8. The summed E-state index contributed by atoms with van der Waals surface area (Å²) in [6, 6.07) is 17.7. The molecule has 0 unspecified atom stereocenters. The van der Waals surface area contributed by atoms with Crippen molar-refractivity contribution in [3.63, 3.8) is 0 Å². The van der Waals surface area contributed by atoms with Gasteiger partial charge in [0, 0.05) is 46.2 Å². The molecule has 4 N–H and O–H groups in total. The predicted molar refractivity (Wildman–Crippen MR) is 167 cm³/mol. The summed E-state index contributed by atoms with van der Waals surface area (Å²) in [7, 11) is 1.28. The highest BCUT2D eigenvalue weighted by atomic mass is 35.5. The number of nitrogens with zero attached hydrogens (tertiary/aromatic N) is 5. The molecule has 0 saturated carbocycles. The van der Waals surface area contributed by atoms with E-state index < -0.39 is 6.09 Å². The van der Waals surface area contributed by atoms with E-state index in [-0.39, 0.29) is 24.9 Å². The molecule has 0 spiro atoms. The Balaban J connectivity index is 1.28. The summed E-state index contributed by atoms with van der Waals surface area (Å²) in [5.74, 6) is -0.0823. The lowest BCUT2D eigenvalue weighted by Crippen LogP contribution is -2.23. The van der Waals surface area contributed by atoms with Crippen molar-refractivity contribution >= 4 is 41.3 Å². The number of H-pyrrole nitrogens is 1. The van der Waals surface area contributed by atoms with Crippen LogP contribution in [0.15, 0.2) is 79.3 Å². The minimum absolute atomic E-state index is 0.125. The van der Waals surface area contributed by atoms with E-state index in [9.17, 15) is 14.4 Å². The number of benzene rings is 3. The monoisotopic (exact) mass is 625 g/mol. The molecule has 13 nitrogen and oxygen atoms in total. The number of carbonyl (C=O) groups is 3. The van der Waals surface area contributed by atoms with Crippen molar-refractivity contribution in [2.24, 2.45) is 0 Å². The number of anilines is 1. The van der Waals surface area contributed by atoms with Crippen molar-refractivity contribution in [1.29, 1.82) is 0 Å². The van der Waals surface area contributed by atoms with Gasteiger partial charge in [0.2, 0.25) is 5.91 Å². The number of aromatic amines is 1. The van der Waals surface area contributed by atoms with Crippen molar-refractivity contribution in [3.05, 3.63) is 112 Å². The molecule has 14 heteroatoms. The Morgan fingerprint density at radius 3 is 2.69 bits per heavy atom. The van der Waals surface area contributed by atoms with E-state index in [0.29, 0.717) is 44.6 Å². The van der Waals surface area contributed by atoms with Crippen LogP contribution < -0.4 is 16.0 Å². The van der Waals surface area contributed by atoms with Crippen LogP contribution in [0, 0.1) is 6.92 Å². The molecule has 0 aliphatic carbocycles. The highest BCUT2D eigenvalue weighted by Crippen LogP contribution is 2.26. The summed E-state index contributed by atoms with van der Waals surface area (Å²) >= 11 is 6.15. The second-order valence-electron chi connectivity index (χ2n) is 9.78. The van der Waals surface area contributed by atoms with E-state index in [0.717, 1.165) is 11.1 Å². The molecule has 3 aromatic carbocycles. The van der Waals surface area contributed by atoms with E-state index in [1.807, 2.05) is 19.1 Å². The van der Waals surface area contributed by atoms with Gasteiger partial charge in [-0.3, -0.25) is 14.9 Å². The van der Waals surface area contributed by atoms with Crippen LogP contribution in [0.5, 0.6) is 0 Å². The number of tetrazole rings is 1. The number of amides is 3. The number of hydrogen-bond donors (Lipinski definition) is 4. The fraction of sp³-hybridized carbons (Fsp3) is 0.129. The highest BCUT2D eigenvalue weighted by Gasteiger charge is 2.14. The second kappa shape index (κ2) is 14.1. The van der Waals surface area contributed by atoms with Crippen LogP contribution in [-0.4, -0.2) is 55.2 Å². The van der Waals surface area contributed by atoms with E-state index in [4.69, 9.17) is 16.3 Å². The number of hydrogen-bond acceptors (Lipinski definition) is 8. The molecule has 0 saturated heterocycles. The zero-order valence-corrected chi connectivity index (χ0v) is 25.0. The highest BCUT2D eigenvalue weighted by molar-refractivity contribution is 6.30. The first-order valence-electron chi connectivity index (χ1n) is 13.7. The van der Waals surface area contributed by atoms with Crippen LogP contribution in [0.3, 0.4) is 0 Å². The molecule has 5 rings (SSSR count). The van der Waals surface area contributed by atoms with Crippen LogP contribution in [0.2, 0.25) is 5.02 Å². The van der Waals surface area contributed by atoms with Crippen molar-refractivity contribution < 1.29 is 19.1 Å². The zero-order chi connectivity index (χ0) is 31.8. The number of rotatable bonds is 10. The fourth-order valence-corrected chi connectivity index (χ4v) is 4.61. The molecule has 45 heavy (non-hydrogen) atoms. The maximum atomic E-state index is 12.8. The first-order valence-corrected chi connectivity index (χ1v) is 14.0. The first kappa shape index (κ1) is 30.6. The minimum Gasteiger partial charge on any atom is -0.453 e. The Bertz CT molecular complexity index is 1870. The van der Waals surface area contributed by atoms with Gasteiger partial charge in [0.1, 0.15) is 12.2 Å². The summed E-state index contributed by atoms with van der Waals surface area (Å²) in [6.07, 6.45) is 5.53. The van der Waals surface area contributed by atoms with Gasteiger partial charge in [-0.25, -0.2) is 9.78 Å². The Hall–Kier alpha value is -5.82. The molecule has 0 atom stereocenters. The molecular weight excluding hydrogens is 598 g/mol. The van der Waals surface area contributed by atoms with Gasteiger partial charge in [0.25, 0.3) is 5.91 Å². The molecular formula is C31H28ClN9O4. The number of halogens is 1. The van der Waals surface area contributed by atoms with Gasteiger partial charge < -0.3 is 20.4 Å². The van der Waals surface area contributed by atoms with Crippen LogP contribution in [0.25, 0.3) is 23.0 Å². The summed E-state index contributed by atoms with van der Waals surface area (Å²) in [5.41, 5.74) is 5.31. The third-order valence-electron chi connectivity index (χ3n) is 6.59. The van der Waals surface area contributed by atoms with Crippen molar-refractivity contribution in [3.8, 4) is 16.9 Å². The SMILES string of the molecule is COC(=O)Nc1ccc(-c2c[nH]c(CNC(=O)/C=C/c3cc(Cl)ccc3-n3cnnn3)n2)c(CNC(=O)c2cccc(C)c2)c1. The van der Waals surface area contributed by atoms with E-state index >= 15 is 0 Å². The Labute approximate surface area is 262 Å². The Kier molecular flexibility index (Phi) is 9.60. The normalized spacial score (nSPS) is 10.9. The molecule has 2 aromatic heterocycles. The van der Waals surface area contributed by atoms with Gasteiger partial charge in [-0.05, 0) is 71.5 Å². The van der Waals surface area contributed by atoms with E-state index in [1.165, 1.54) is 24.2 Å². The molecule has 0 aliphatic rings. The third-order valence-corrected chi connectivity index (χ3v) is 6.83. The van der Waals surface area contributed by atoms with Gasteiger partial charge in [0.15, 0.2) is 0 Å². The van der Waals surface area contributed by atoms with Crippen LogP contribution in [0.1, 0.15) is 32.9 Å². The Morgan fingerprint density at radius 1 is 1.04 bits per heavy atom. The lowest BCUT2D eigenvalue weighted by atomic mass is 10.0. The summed E-state index contributed by atoms with van der Waals surface area (Å²) in [6.45, 7) is 2.21. The van der Waals surface area contributed by atoms with E-state index in [1.54, 1.807) is 60.8 Å². The average molecular weight is 626 g/mol. The van der Waals surface area contributed by atoms with E-state index in [2.05, 4.69) is 41.4 Å². The van der Waals surface area contributed by atoms with Crippen LogP contribution in [0.4, 0.5) is 10.5 Å². The average Bonchev–Trinajstić information content (AvgIpc) is 3.75. The van der Waals surface area contributed by atoms with Gasteiger partial charge >= 0.3 is 6.09 Å². The summed E-state index contributed by atoms with van der Waals surface area (Å²) < 4.78 is 6.18. The van der Waals surface area contributed by atoms with Gasteiger partial charge in [-0.2, -0.15) is 4.68 Å². The lowest BCUT2D eigenvalue weighted by molar-refractivity contribution is -0.116. The standard InChI is InChI=1S/C31H28ClN9O4/c1-19-4-3-5-21(12-19)30(43)35-15-22-14-24(37-31(44)45-2)8-9-25(22)26-16-33-28(38-26)17-34-29(42)11-6-20-13-23(32)7-10-27(20)41-18-36-39-40-41/h3-14,16,18H,15,17H2,1-2H3,(H,33,38)(H,34,42)(H,35,43)(H,37,44)/b11-6+. The summed E-state index contributed by atoms with van der Waals surface area (Å²) in [5, 5.41) is 20.1. The number of aromatic nitrogens is 6. The summed E-state index contributed by atoms with van der Waals surface area (Å²) in [4.78, 5) is 45.0. The zero-order valence-electron chi connectivity index (χ0n) is 24.2. The molecule has 2 heterocycles. The minimum atomic E-state index is -0.619. The largest absolute Gasteiger partial charge is 0.453 e. The Morgan fingerprint density at radius 2 is 1.91 bits per heavy atom. The molecule has 0 bridgehead atoms. The maximum absolute atomic E-state index is 12.8. The molecule has 3 amide bonds. The number of carbonyl (C=O) groups excluding carboxylic acids is 3. The molecule has 0 radical (unpaired) electrons. The number of aryl methyl sites for hydroxylation is 1. The predicted octanol–water partition coefficient (Wildman–Crippen LogP) is 4.45. The topological polar surface area (TPSA) is 169 Å². The maximum Gasteiger partial charge on any atom is 0.411 e. The number of nitrogens with one attached hydrogen (secondary N) is 4. The quantitative estimate of drug-likeness (QED) is 0.165. The molecule has 5 aromatic rings.